The molecule has 0 atom stereocenters. The monoisotopic (exact) mass is 334 g/mol. The van der Waals surface area contributed by atoms with E-state index in [1.54, 1.807) is 11.8 Å². The third-order valence-corrected chi connectivity index (χ3v) is 4.54. The molecule has 0 aliphatic carbocycles. The van der Waals surface area contributed by atoms with Gasteiger partial charge in [0.05, 0.1) is 5.75 Å². The zero-order chi connectivity index (χ0) is 13.8. The van der Waals surface area contributed by atoms with Gasteiger partial charge in [-0.1, -0.05) is 34.1 Å². The summed E-state index contributed by atoms with van der Waals surface area (Å²) in [6.45, 7) is 4.19. The predicted molar refractivity (Wildman–Crippen MR) is 85.1 cm³/mol. The Morgan fingerprint density at radius 1 is 1.05 bits per heavy atom. The summed E-state index contributed by atoms with van der Waals surface area (Å²) >= 11 is 4.96. The fourth-order valence-electron chi connectivity index (χ4n) is 1.67. The van der Waals surface area contributed by atoms with Crippen molar-refractivity contribution in [3.8, 4) is 0 Å². The van der Waals surface area contributed by atoms with Crippen LogP contribution >= 0.6 is 27.7 Å². The van der Waals surface area contributed by atoms with Gasteiger partial charge in [0, 0.05) is 14.9 Å². The Bertz CT molecular complexity index is 590. The average Bonchev–Trinajstić information content (AvgIpc) is 2.40. The Kier molecular flexibility index (Phi) is 4.83. The summed E-state index contributed by atoms with van der Waals surface area (Å²) in [7, 11) is 0. The van der Waals surface area contributed by atoms with Crippen LogP contribution in [0, 0.1) is 13.8 Å². The fourth-order valence-corrected chi connectivity index (χ4v) is 2.82. The number of carbonyl (C=O) groups is 1. The molecule has 2 rings (SSSR count). The van der Waals surface area contributed by atoms with Gasteiger partial charge in [0.15, 0.2) is 5.78 Å². The van der Waals surface area contributed by atoms with Crippen LogP contribution in [0.25, 0.3) is 0 Å². The SMILES string of the molecule is Cc1ccc(SCC(=O)c2ccc(Br)cc2)cc1C. The lowest BCUT2D eigenvalue weighted by Crippen LogP contribution is -2.01. The molecule has 3 heteroatoms. The highest BCUT2D eigenvalue weighted by atomic mass is 79.9. The molecule has 0 radical (unpaired) electrons. The highest BCUT2D eigenvalue weighted by molar-refractivity contribution is 9.10. The number of halogens is 1. The summed E-state index contributed by atoms with van der Waals surface area (Å²) < 4.78 is 0.992. The van der Waals surface area contributed by atoms with Crippen molar-refractivity contribution < 1.29 is 4.79 Å². The van der Waals surface area contributed by atoms with Crippen LogP contribution in [0.3, 0.4) is 0 Å². The van der Waals surface area contributed by atoms with Gasteiger partial charge in [0.25, 0.3) is 0 Å². The number of hydrogen-bond acceptors (Lipinski definition) is 2. The molecule has 0 aliphatic rings. The summed E-state index contributed by atoms with van der Waals surface area (Å²) in [5.74, 6) is 0.639. The predicted octanol–water partition coefficient (Wildman–Crippen LogP) is 5.04. The molecule has 2 aromatic rings. The average molecular weight is 335 g/mol. The van der Waals surface area contributed by atoms with Gasteiger partial charge in [-0.25, -0.2) is 0 Å². The molecule has 0 fully saturated rings. The summed E-state index contributed by atoms with van der Waals surface area (Å²) in [6.07, 6.45) is 0. The van der Waals surface area contributed by atoms with Gasteiger partial charge in [-0.2, -0.15) is 0 Å². The van der Waals surface area contributed by atoms with Crippen LogP contribution < -0.4 is 0 Å². The van der Waals surface area contributed by atoms with Gasteiger partial charge in [0.2, 0.25) is 0 Å². The van der Waals surface area contributed by atoms with Crippen molar-refractivity contribution >= 4 is 33.5 Å². The minimum absolute atomic E-state index is 0.163. The van der Waals surface area contributed by atoms with E-state index in [0.29, 0.717) is 5.75 Å². The molecule has 0 amide bonds. The lowest BCUT2D eigenvalue weighted by Gasteiger charge is -2.05. The number of thioether (sulfide) groups is 1. The first kappa shape index (κ1) is 14.4. The third kappa shape index (κ3) is 3.95. The molecule has 2 aromatic carbocycles. The first-order valence-electron chi connectivity index (χ1n) is 6.05. The maximum atomic E-state index is 12.0. The maximum Gasteiger partial charge on any atom is 0.173 e. The van der Waals surface area contributed by atoms with E-state index < -0.39 is 0 Å². The van der Waals surface area contributed by atoms with E-state index in [9.17, 15) is 4.79 Å². The molecule has 0 heterocycles. The second-order valence-corrected chi connectivity index (χ2v) is 6.43. The second-order valence-electron chi connectivity index (χ2n) is 4.46. The summed E-state index contributed by atoms with van der Waals surface area (Å²) in [6, 6.07) is 13.8. The zero-order valence-electron chi connectivity index (χ0n) is 10.9. The van der Waals surface area contributed by atoms with E-state index in [1.165, 1.54) is 11.1 Å². The normalized spacial score (nSPS) is 10.5. The summed E-state index contributed by atoms with van der Waals surface area (Å²) in [5, 5.41) is 0. The molecule has 19 heavy (non-hydrogen) atoms. The molecular weight excluding hydrogens is 320 g/mol. The first-order valence-corrected chi connectivity index (χ1v) is 7.83. The minimum Gasteiger partial charge on any atom is -0.293 e. The van der Waals surface area contributed by atoms with Gasteiger partial charge in [-0.05, 0) is 49.2 Å². The highest BCUT2D eigenvalue weighted by Gasteiger charge is 2.07. The van der Waals surface area contributed by atoms with Crippen molar-refractivity contribution in [3.63, 3.8) is 0 Å². The number of aryl methyl sites for hydroxylation is 2. The van der Waals surface area contributed by atoms with Crippen LogP contribution in [0.15, 0.2) is 51.8 Å². The van der Waals surface area contributed by atoms with Crippen LogP contribution in [-0.2, 0) is 0 Å². The molecule has 1 nitrogen and oxygen atoms in total. The lowest BCUT2D eigenvalue weighted by atomic mass is 10.1. The van der Waals surface area contributed by atoms with Gasteiger partial charge in [-0.3, -0.25) is 4.79 Å². The van der Waals surface area contributed by atoms with Gasteiger partial charge >= 0.3 is 0 Å². The highest BCUT2D eigenvalue weighted by Crippen LogP contribution is 2.22. The van der Waals surface area contributed by atoms with E-state index in [4.69, 9.17) is 0 Å². The number of carbonyl (C=O) groups excluding carboxylic acids is 1. The van der Waals surface area contributed by atoms with Crippen molar-refractivity contribution in [2.24, 2.45) is 0 Å². The largest absolute Gasteiger partial charge is 0.293 e. The van der Waals surface area contributed by atoms with E-state index in [2.05, 4.69) is 48.0 Å². The molecule has 0 unspecified atom stereocenters. The number of Topliss-reactive ketones (excluding diaryl/α,β-unsaturated/α-hetero) is 1. The van der Waals surface area contributed by atoms with Crippen molar-refractivity contribution in [2.75, 3.05) is 5.75 Å². The van der Waals surface area contributed by atoms with Gasteiger partial charge in [-0.15, -0.1) is 11.8 Å². The number of ketones is 1. The molecule has 0 aliphatic heterocycles. The van der Waals surface area contributed by atoms with Crippen molar-refractivity contribution in [3.05, 3.63) is 63.6 Å². The quantitative estimate of drug-likeness (QED) is 0.575. The molecule has 0 bridgehead atoms. The molecular formula is C16H15BrOS. The topological polar surface area (TPSA) is 17.1 Å². The summed E-state index contributed by atoms with van der Waals surface area (Å²) in [4.78, 5) is 13.2. The van der Waals surface area contributed by atoms with E-state index in [1.807, 2.05) is 24.3 Å². The third-order valence-electron chi connectivity index (χ3n) is 3.01. The number of rotatable bonds is 4. The van der Waals surface area contributed by atoms with Crippen LogP contribution in [0.2, 0.25) is 0 Å². The smallest absolute Gasteiger partial charge is 0.173 e. The summed E-state index contributed by atoms with van der Waals surface area (Å²) in [5.41, 5.74) is 3.31. The van der Waals surface area contributed by atoms with Crippen LogP contribution in [-0.4, -0.2) is 11.5 Å². The Morgan fingerprint density at radius 2 is 1.74 bits per heavy atom. The Morgan fingerprint density at radius 3 is 2.37 bits per heavy atom. The molecule has 98 valence electrons. The molecule has 0 saturated heterocycles. The first-order chi connectivity index (χ1) is 9.06. The molecule has 0 N–H and O–H groups in total. The van der Waals surface area contributed by atoms with Crippen LogP contribution in [0.1, 0.15) is 21.5 Å². The molecule has 0 spiro atoms. The van der Waals surface area contributed by atoms with Crippen molar-refractivity contribution in [1.29, 1.82) is 0 Å². The van der Waals surface area contributed by atoms with E-state index in [-0.39, 0.29) is 5.78 Å². The fraction of sp³-hybridized carbons (Fsp3) is 0.188. The van der Waals surface area contributed by atoms with Gasteiger partial charge in [0.1, 0.15) is 0 Å². The molecule has 0 saturated carbocycles. The molecule has 0 aromatic heterocycles. The Labute approximate surface area is 126 Å². The Balaban J connectivity index is 2.00. The van der Waals surface area contributed by atoms with Crippen molar-refractivity contribution in [1.82, 2.24) is 0 Å². The second kappa shape index (κ2) is 6.40. The van der Waals surface area contributed by atoms with Crippen molar-refractivity contribution in [2.45, 2.75) is 18.7 Å². The maximum absolute atomic E-state index is 12.0. The Hall–Kier alpha value is -1.06. The number of benzene rings is 2. The lowest BCUT2D eigenvalue weighted by molar-refractivity contribution is 0.102. The van der Waals surface area contributed by atoms with E-state index in [0.717, 1.165) is 14.9 Å². The minimum atomic E-state index is 0.163. The standard InChI is InChI=1S/C16H15BrOS/c1-11-3-8-15(9-12(11)2)19-10-16(18)13-4-6-14(17)7-5-13/h3-9H,10H2,1-2H3. The van der Waals surface area contributed by atoms with Gasteiger partial charge < -0.3 is 0 Å². The zero-order valence-corrected chi connectivity index (χ0v) is 13.3. The number of hydrogen-bond donors (Lipinski definition) is 0. The van der Waals surface area contributed by atoms with Crippen LogP contribution in [0.4, 0.5) is 0 Å². The van der Waals surface area contributed by atoms with Crippen LogP contribution in [0.5, 0.6) is 0 Å². The van der Waals surface area contributed by atoms with E-state index >= 15 is 0 Å².